The van der Waals surface area contributed by atoms with E-state index in [0.717, 1.165) is 24.4 Å². The van der Waals surface area contributed by atoms with E-state index in [1.54, 1.807) is 19.9 Å². The zero-order valence-corrected chi connectivity index (χ0v) is 25.9. The lowest BCUT2D eigenvalue weighted by Crippen LogP contribution is -2.48. The highest BCUT2D eigenvalue weighted by molar-refractivity contribution is 5.97. The van der Waals surface area contributed by atoms with E-state index in [2.05, 4.69) is 45.0 Å². The van der Waals surface area contributed by atoms with E-state index in [1.165, 1.54) is 0 Å². The zero-order chi connectivity index (χ0) is 31.0. The SMILES string of the molecule is CCc1oc(C(=O)N[C@H]2CCCCNC(=O)[C@@H](C)NC(=O)c3nc(oc3C)[C@H](C(C)C)NC2=O)cc1CN(CC)CC. The van der Waals surface area contributed by atoms with Crippen LogP contribution in [0.25, 0.3) is 0 Å². The van der Waals surface area contributed by atoms with Gasteiger partial charge in [0.05, 0.1) is 0 Å². The Labute approximate surface area is 247 Å². The molecule has 4 amide bonds. The Hall–Kier alpha value is -3.67. The van der Waals surface area contributed by atoms with Gasteiger partial charge in [-0.3, -0.25) is 24.1 Å². The van der Waals surface area contributed by atoms with E-state index < -0.39 is 35.8 Å². The van der Waals surface area contributed by atoms with Gasteiger partial charge < -0.3 is 30.1 Å². The third kappa shape index (κ3) is 8.21. The standard InChI is InChI=1S/C30H46N6O6/c1-8-22-20(16-36(9-2)10-3)15-23(42-22)28(39)33-21-13-11-12-14-31-26(37)18(6)32-29(40)25-19(7)41-30(35-25)24(17(4)5)34-27(21)38/h15,17-18,21,24H,8-14,16H2,1-7H3,(H,31,37)(H,32,40)(H,33,39)(H,34,38)/t18-,21+,24+/m1/s1. The zero-order valence-electron chi connectivity index (χ0n) is 25.9. The fourth-order valence-electron chi connectivity index (χ4n) is 4.89. The first-order chi connectivity index (χ1) is 20.0. The fourth-order valence-corrected chi connectivity index (χ4v) is 4.89. The van der Waals surface area contributed by atoms with Crippen LogP contribution in [0.4, 0.5) is 0 Å². The number of fused-ring (bicyclic) bond motifs is 2. The fraction of sp³-hybridized carbons (Fsp3) is 0.633. The quantitative estimate of drug-likeness (QED) is 0.367. The van der Waals surface area contributed by atoms with Gasteiger partial charge >= 0.3 is 0 Å². The topological polar surface area (TPSA) is 159 Å². The molecule has 2 aromatic heterocycles. The molecule has 3 rings (SSSR count). The largest absolute Gasteiger partial charge is 0.456 e. The summed E-state index contributed by atoms with van der Waals surface area (Å²) >= 11 is 0. The molecule has 0 radical (unpaired) electrons. The summed E-state index contributed by atoms with van der Waals surface area (Å²) in [6, 6.07) is -0.538. The number of nitrogens with zero attached hydrogens (tertiary/aromatic N) is 2. The van der Waals surface area contributed by atoms with Crippen LogP contribution in [0.15, 0.2) is 14.9 Å². The Balaban J connectivity index is 1.88. The predicted octanol–water partition coefficient (Wildman–Crippen LogP) is 3.01. The Morgan fingerprint density at radius 3 is 2.45 bits per heavy atom. The number of carbonyl (C=O) groups is 4. The number of oxazole rings is 1. The van der Waals surface area contributed by atoms with Crippen molar-refractivity contribution in [3.8, 4) is 0 Å². The first kappa shape index (κ1) is 32.8. The van der Waals surface area contributed by atoms with E-state index in [0.29, 0.717) is 38.8 Å². The van der Waals surface area contributed by atoms with Crippen LogP contribution >= 0.6 is 0 Å². The summed E-state index contributed by atoms with van der Waals surface area (Å²) in [4.78, 5) is 59.0. The van der Waals surface area contributed by atoms with E-state index in [-0.39, 0.29) is 34.9 Å². The molecule has 12 heteroatoms. The third-order valence-corrected chi connectivity index (χ3v) is 7.57. The highest BCUT2D eigenvalue weighted by atomic mass is 16.4. The van der Waals surface area contributed by atoms with Gasteiger partial charge in [0.2, 0.25) is 17.7 Å². The monoisotopic (exact) mass is 586 g/mol. The summed E-state index contributed by atoms with van der Waals surface area (Å²) in [6.45, 7) is 15.9. The maximum absolute atomic E-state index is 13.6. The molecule has 0 spiro atoms. The van der Waals surface area contributed by atoms with E-state index in [1.807, 2.05) is 20.8 Å². The highest BCUT2D eigenvalue weighted by Crippen LogP contribution is 2.24. The van der Waals surface area contributed by atoms with Crippen LogP contribution in [0.1, 0.15) is 111 Å². The highest BCUT2D eigenvalue weighted by Gasteiger charge is 2.31. The van der Waals surface area contributed by atoms with Gasteiger partial charge in [0.25, 0.3) is 11.8 Å². The average molecular weight is 587 g/mol. The first-order valence-corrected chi connectivity index (χ1v) is 15.0. The van der Waals surface area contributed by atoms with Crippen molar-refractivity contribution < 1.29 is 28.0 Å². The number of aryl methyl sites for hydroxylation is 2. The van der Waals surface area contributed by atoms with Crippen LogP contribution in [-0.2, 0) is 22.6 Å². The van der Waals surface area contributed by atoms with Gasteiger partial charge in [-0.15, -0.1) is 0 Å². The van der Waals surface area contributed by atoms with Gasteiger partial charge in [-0.25, -0.2) is 4.98 Å². The Kier molecular flexibility index (Phi) is 11.7. The summed E-state index contributed by atoms with van der Waals surface area (Å²) in [5.41, 5.74) is 1.00. The number of amides is 4. The minimum atomic E-state index is -0.874. The van der Waals surface area contributed by atoms with Crippen molar-refractivity contribution in [2.75, 3.05) is 19.6 Å². The Bertz CT molecular complexity index is 1250. The van der Waals surface area contributed by atoms with E-state index in [4.69, 9.17) is 8.83 Å². The van der Waals surface area contributed by atoms with E-state index >= 15 is 0 Å². The second-order valence-corrected chi connectivity index (χ2v) is 11.1. The summed E-state index contributed by atoms with van der Waals surface area (Å²) in [5.74, 6) is -0.524. The number of furan rings is 1. The second kappa shape index (κ2) is 15.0. The third-order valence-electron chi connectivity index (χ3n) is 7.57. The van der Waals surface area contributed by atoms with Crippen LogP contribution < -0.4 is 21.3 Å². The maximum atomic E-state index is 13.6. The van der Waals surface area contributed by atoms with Crippen molar-refractivity contribution in [2.24, 2.45) is 5.92 Å². The van der Waals surface area contributed by atoms with E-state index in [9.17, 15) is 19.2 Å². The molecule has 1 aliphatic rings. The molecule has 1 aliphatic heterocycles. The molecule has 3 atom stereocenters. The first-order valence-electron chi connectivity index (χ1n) is 15.0. The van der Waals surface area contributed by atoms with Gasteiger partial charge in [0.15, 0.2) is 11.5 Å². The molecule has 3 heterocycles. The second-order valence-electron chi connectivity index (χ2n) is 11.1. The Morgan fingerprint density at radius 2 is 1.81 bits per heavy atom. The lowest BCUT2D eigenvalue weighted by Gasteiger charge is -2.24. The minimum Gasteiger partial charge on any atom is -0.456 e. The number of rotatable bonds is 8. The Morgan fingerprint density at radius 1 is 1.10 bits per heavy atom. The molecular weight excluding hydrogens is 540 g/mol. The van der Waals surface area contributed by atoms with Crippen molar-refractivity contribution in [3.05, 3.63) is 40.5 Å². The minimum absolute atomic E-state index is 0.0477. The van der Waals surface area contributed by atoms with Crippen molar-refractivity contribution >= 4 is 23.6 Å². The summed E-state index contributed by atoms with van der Waals surface area (Å²) < 4.78 is 11.7. The van der Waals surface area contributed by atoms with Crippen molar-refractivity contribution in [1.82, 2.24) is 31.2 Å². The molecule has 0 saturated heterocycles. The molecule has 0 aromatic carbocycles. The molecule has 4 N–H and O–H groups in total. The lowest BCUT2D eigenvalue weighted by atomic mass is 10.0. The van der Waals surface area contributed by atoms with Crippen LogP contribution in [0, 0.1) is 12.8 Å². The number of aromatic nitrogens is 1. The van der Waals surface area contributed by atoms with Crippen LogP contribution in [0.2, 0.25) is 0 Å². The molecule has 232 valence electrons. The molecule has 2 aromatic rings. The predicted molar refractivity (Wildman–Crippen MR) is 157 cm³/mol. The van der Waals surface area contributed by atoms with Crippen molar-refractivity contribution in [2.45, 2.75) is 98.8 Å². The average Bonchev–Trinajstić information content (AvgIpc) is 3.55. The number of hydrogen-bond acceptors (Lipinski definition) is 8. The molecule has 2 bridgehead atoms. The van der Waals surface area contributed by atoms with Gasteiger partial charge in [-0.2, -0.15) is 0 Å². The molecule has 0 saturated carbocycles. The number of carbonyl (C=O) groups excluding carboxylic acids is 4. The molecular formula is C30H46N6O6. The normalized spacial score (nSPS) is 20.8. The van der Waals surface area contributed by atoms with Crippen molar-refractivity contribution in [3.63, 3.8) is 0 Å². The van der Waals surface area contributed by atoms with Crippen LogP contribution in [-0.4, -0.2) is 65.2 Å². The number of nitrogens with one attached hydrogen (secondary N) is 4. The van der Waals surface area contributed by atoms with Gasteiger partial charge in [-0.05, 0) is 58.2 Å². The molecule has 42 heavy (non-hydrogen) atoms. The molecule has 0 unspecified atom stereocenters. The molecule has 0 fully saturated rings. The van der Waals surface area contributed by atoms with Gasteiger partial charge in [0.1, 0.15) is 29.6 Å². The summed E-state index contributed by atoms with van der Waals surface area (Å²) in [6.07, 6.45) is 2.12. The molecule has 0 aliphatic carbocycles. The maximum Gasteiger partial charge on any atom is 0.287 e. The van der Waals surface area contributed by atoms with Crippen molar-refractivity contribution in [1.29, 1.82) is 0 Å². The summed E-state index contributed by atoms with van der Waals surface area (Å²) in [7, 11) is 0. The lowest BCUT2D eigenvalue weighted by molar-refractivity contribution is -0.124. The van der Waals surface area contributed by atoms with Crippen LogP contribution in [0.5, 0.6) is 0 Å². The summed E-state index contributed by atoms with van der Waals surface area (Å²) in [5, 5.41) is 11.3. The number of hydrogen-bond donors (Lipinski definition) is 4. The smallest absolute Gasteiger partial charge is 0.287 e. The van der Waals surface area contributed by atoms with Gasteiger partial charge in [0, 0.05) is 25.1 Å². The molecule has 12 nitrogen and oxygen atoms in total. The van der Waals surface area contributed by atoms with Gasteiger partial charge in [-0.1, -0.05) is 34.6 Å². The van der Waals surface area contributed by atoms with Crippen LogP contribution in [0.3, 0.4) is 0 Å².